The fraction of sp³-hybridized carbons (Fsp3) is 0.333. The van der Waals surface area contributed by atoms with Crippen LogP contribution in [0.3, 0.4) is 0 Å². The first-order valence-electron chi connectivity index (χ1n) is 14.3. The standard InChI is InChI=1S/C33H32N2O7/c36-29(37)13-8-20-6-10-24(11-7-20)42-25-17-28(33(39)40)35(18-25)32(38)22-9-12-26-27(16-22)34-31(23-14-15-41-19-23)30(26)21-4-2-1-3-5-21/h6-16,19,21,25,28,30H,1-5,17-18H2,(H,36,37)(H,39,40)/b13-8+/t25-,28+,30?/m1/s1. The highest BCUT2D eigenvalue weighted by Crippen LogP contribution is 2.47. The summed E-state index contributed by atoms with van der Waals surface area (Å²) in [6.07, 6.45) is 11.5. The van der Waals surface area contributed by atoms with Crippen molar-refractivity contribution in [3.05, 3.63) is 89.4 Å². The molecule has 0 spiro atoms. The van der Waals surface area contributed by atoms with E-state index >= 15 is 0 Å². The Morgan fingerprint density at radius 1 is 1.00 bits per heavy atom. The molecule has 1 unspecified atom stereocenters. The number of carbonyl (C=O) groups is 3. The SMILES string of the molecule is O=C(O)/C=C/c1ccc(O[C@@H]2C[C@@H](C(=O)O)N(C(=O)c3ccc4c(c3)N=C(c3ccoc3)C4C3CCCCC3)C2)cc1. The van der Waals surface area contributed by atoms with E-state index in [1.165, 1.54) is 30.2 Å². The molecule has 2 fully saturated rings. The van der Waals surface area contributed by atoms with Gasteiger partial charge in [-0.15, -0.1) is 0 Å². The molecule has 3 aliphatic rings. The predicted octanol–water partition coefficient (Wildman–Crippen LogP) is 5.92. The Balaban J connectivity index is 1.21. The Labute approximate surface area is 243 Å². The van der Waals surface area contributed by atoms with Gasteiger partial charge in [0.15, 0.2) is 0 Å². The average molecular weight is 569 g/mol. The molecule has 0 bridgehead atoms. The van der Waals surface area contributed by atoms with Crippen LogP contribution in [0.5, 0.6) is 5.75 Å². The summed E-state index contributed by atoms with van der Waals surface area (Å²) in [6.45, 7) is 0.127. The molecule has 2 aliphatic heterocycles. The van der Waals surface area contributed by atoms with E-state index in [-0.39, 0.29) is 24.8 Å². The van der Waals surface area contributed by atoms with Crippen LogP contribution in [0.15, 0.2) is 76.5 Å². The van der Waals surface area contributed by atoms with Crippen molar-refractivity contribution in [3.63, 3.8) is 0 Å². The van der Waals surface area contributed by atoms with Gasteiger partial charge < -0.3 is 24.3 Å². The van der Waals surface area contributed by atoms with Crippen LogP contribution in [-0.4, -0.2) is 57.4 Å². The molecule has 2 aromatic carbocycles. The van der Waals surface area contributed by atoms with Gasteiger partial charge in [0.25, 0.3) is 5.91 Å². The van der Waals surface area contributed by atoms with Gasteiger partial charge in [-0.1, -0.05) is 37.5 Å². The highest BCUT2D eigenvalue weighted by molar-refractivity contribution is 6.10. The highest BCUT2D eigenvalue weighted by atomic mass is 16.5. The van der Waals surface area contributed by atoms with Gasteiger partial charge in [0, 0.05) is 29.5 Å². The molecule has 6 rings (SSSR count). The van der Waals surface area contributed by atoms with Gasteiger partial charge in [-0.05, 0) is 66.3 Å². The Hall–Kier alpha value is -4.66. The zero-order valence-corrected chi connectivity index (χ0v) is 23.0. The molecular formula is C33H32N2O7. The maximum absolute atomic E-state index is 13.7. The molecule has 1 saturated carbocycles. The number of furan rings is 1. The molecule has 216 valence electrons. The summed E-state index contributed by atoms with van der Waals surface area (Å²) in [7, 11) is 0. The number of carboxylic acids is 2. The summed E-state index contributed by atoms with van der Waals surface area (Å²) in [4.78, 5) is 43.0. The van der Waals surface area contributed by atoms with E-state index in [2.05, 4.69) is 0 Å². The third-order valence-electron chi connectivity index (χ3n) is 8.50. The molecule has 9 heteroatoms. The Bertz CT molecular complexity index is 1530. The number of benzene rings is 2. The minimum atomic E-state index is -1.08. The molecule has 9 nitrogen and oxygen atoms in total. The number of amides is 1. The summed E-state index contributed by atoms with van der Waals surface area (Å²) >= 11 is 0. The highest BCUT2D eigenvalue weighted by Gasteiger charge is 2.42. The molecule has 42 heavy (non-hydrogen) atoms. The second-order valence-corrected chi connectivity index (χ2v) is 11.2. The first-order valence-corrected chi connectivity index (χ1v) is 14.3. The van der Waals surface area contributed by atoms with Crippen molar-refractivity contribution in [1.82, 2.24) is 4.90 Å². The second kappa shape index (κ2) is 11.7. The molecule has 2 N–H and O–H groups in total. The molecule has 0 radical (unpaired) electrons. The Kier molecular flexibility index (Phi) is 7.65. The fourth-order valence-corrected chi connectivity index (χ4v) is 6.51. The summed E-state index contributed by atoms with van der Waals surface area (Å²) in [5, 5.41) is 18.7. The summed E-state index contributed by atoms with van der Waals surface area (Å²) in [5.74, 6) is -1.36. The lowest BCUT2D eigenvalue weighted by molar-refractivity contribution is -0.141. The van der Waals surface area contributed by atoms with Gasteiger partial charge in [0.1, 0.15) is 17.9 Å². The minimum Gasteiger partial charge on any atom is -0.488 e. The molecule has 1 aliphatic carbocycles. The maximum Gasteiger partial charge on any atom is 0.328 e. The van der Waals surface area contributed by atoms with Gasteiger partial charge in [0.2, 0.25) is 0 Å². The lowest BCUT2D eigenvalue weighted by Gasteiger charge is -2.29. The third kappa shape index (κ3) is 5.59. The van der Waals surface area contributed by atoms with Crippen molar-refractivity contribution in [2.75, 3.05) is 6.54 Å². The van der Waals surface area contributed by atoms with E-state index < -0.39 is 24.1 Å². The fourth-order valence-electron chi connectivity index (χ4n) is 6.51. The lowest BCUT2D eigenvalue weighted by Crippen LogP contribution is -2.40. The number of rotatable bonds is 8. The van der Waals surface area contributed by atoms with Crippen molar-refractivity contribution >= 4 is 35.3 Å². The van der Waals surface area contributed by atoms with Crippen LogP contribution in [0.25, 0.3) is 6.08 Å². The van der Waals surface area contributed by atoms with Crippen molar-refractivity contribution in [1.29, 1.82) is 0 Å². The second-order valence-electron chi connectivity index (χ2n) is 11.2. The molecular weight excluding hydrogens is 536 g/mol. The van der Waals surface area contributed by atoms with Gasteiger partial charge >= 0.3 is 11.9 Å². The number of carboxylic acid groups (broad SMARTS) is 2. The molecule has 3 aromatic rings. The van der Waals surface area contributed by atoms with E-state index in [4.69, 9.17) is 19.3 Å². The largest absolute Gasteiger partial charge is 0.488 e. The predicted molar refractivity (Wildman–Crippen MR) is 155 cm³/mol. The number of nitrogens with zero attached hydrogens (tertiary/aromatic N) is 2. The van der Waals surface area contributed by atoms with Crippen LogP contribution in [-0.2, 0) is 9.59 Å². The van der Waals surface area contributed by atoms with Crippen molar-refractivity contribution in [3.8, 4) is 5.75 Å². The van der Waals surface area contributed by atoms with Crippen LogP contribution in [0.4, 0.5) is 5.69 Å². The van der Waals surface area contributed by atoms with Crippen LogP contribution in [0, 0.1) is 5.92 Å². The van der Waals surface area contributed by atoms with Gasteiger partial charge in [-0.2, -0.15) is 0 Å². The van der Waals surface area contributed by atoms with Gasteiger partial charge in [0.05, 0.1) is 30.5 Å². The third-order valence-corrected chi connectivity index (χ3v) is 8.50. The zero-order chi connectivity index (χ0) is 29.2. The number of aliphatic imine (C=N–C) groups is 1. The quantitative estimate of drug-likeness (QED) is 0.323. The summed E-state index contributed by atoms with van der Waals surface area (Å²) in [6, 6.07) is 13.3. The summed E-state index contributed by atoms with van der Waals surface area (Å²) < 4.78 is 11.4. The minimum absolute atomic E-state index is 0.127. The normalized spacial score (nSPS) is 22.2. The maximum atomic E-state index is 13.7. The van der Waals surface area contributed by atoms with E-state index in [0.717, 1.165) is 41.4 Å². The van der Waals surface area contributed by atoms with Crippen LogP contribution < -0.4 is 4.74 Å². The zero-order valence-electron chi connectivity index (χ0n) is 23.0. The van der Waals surface area contributed by atoms with Crippen molar-refractivity contribution in [2.45, 2.75) is 56.6 Å². The van der Waals surface area contributed by atoms with Gasteiger partial charge in [-0.3, -0.25) is 9.79 Å². The average Bonchev–Trinajstić information content (AvgIpc) is 3.75. The van der Waals surface area contributed by atoms with E-state index in [9.17, 15) is 19.5 Å². The number of likely N-dealkylation sites (tertiary alicyclic amines) is 1. The number of ether oxygens (including phenoxy) is 1. The number of fused-ring (bicyclic) bond motifs is 1. The van der Waals surface area contributed by atoms with E-state index in [1.807, 2.05) is 12.1 Å². The smallest absolute Gasteiger partial charge is 0.328 e. The topological polar surface area (TPSA) is 130 Å². The van der Waals surface area contributed by atoms with Crippen LogP contribution in [0.2, 0.25) is 0 Å². The van der Waals surface area contributed by atoms with Crippen LogP contribution >= 0.6 is 0 Å². The first kappa shape index (κ1) is 27.5. The summed E-state index contributed by atoms with van der Waals surface area (Å²) in [5.41, 5.74) is 4.87. The monoisotopic (exact) mass is 568 g/mol. The van der Waals surface area contributed by atoms with E-state index in [0.29, 0.717) is 22.8 Å². The van der Waals surface area contributed by atoms with Crippen molar-refractivity contribution < 1.29 is 33.8 Å². The molecule has 3 atom stereocenters. The lowest BCUT2D eigenvalue weighted by atomic mass is 9.74. The molecule has 3 heterocycles. The van der Waals surface area contributed by atoms with Crippen molar-refractivity contribution in [2.24, 2.45) is 10.9 Å². The first-order chi connectivity index (χ1) is 20.4. The number of aliphatic carboxylic acids is 2. The Morgan fingerprint density at radius 3 is 2.48 bits per heavy atom. The molecule has 1 saturated heterocycles. The molecule has 1 amide bonds. The van der Waals surface area contributed by atoms with Crippen LogP contribution in [0.1, 0.15) is 71.5 Å². The number of carbonyl (C=O) groups excluding carboxylic acids is 1. The molecule has 1 aromatic heterocycles. The van der Waals surface area contributed by atoms with E-state index in [1.54, 1.807) is 48.9 Å². The van der Waals surface area contributed by atoms with Gasteiger partial charge in [-0.25, -0.2) is 9.59 Å². The Morgan fingerprint density at radius 2 is 1.79 bits per heavy atom. The number of hydrogen-bond donors (Lipinski definition) is 2. The number of hydrogen-bond acceptors (Lipinski definition) is 6.